The summed E-state index contributed by atoms with van der Waals surface area (Å²) >= 11 is 0. The maximum absolute atomic E-state index is 12.9. The minimum atomic E-state index is -0.622. The fourth-order valence-electron chi connectivity index (χ4n) is 4.21. The molecule has 1 atom stereocenters. The van der Waals surface area contributed by atoms with Gasteiger partial charge < -0.3 is 14.5 Å². The fourth-order valence-corrected chi connectivity index (χ4v) is 4.21. The zero-order chi connectivity index (χ0) is 25.6. The summed E-state index contributed by atoms with van der Waals surface area (Å²) in [6, 6.07) is 4.86. The molecule has 1 aromatic carbocycles. The molecular formula is C27H35N3O5. The van der Waals surface area contributed by atoms with Gasteiger partial charge in [-0.05, 0) is 57.7 Å². The first kappa shape index (κ1) is 26.3. The third-order valence-corrected chi connectivity index (χ3v) is 6.06. The van der Waals surface area contributed by atoms with Crippen molar-refractivity contribution < 1.29 is 23.9 Å². The minimum Gasteiger partial charge on any atom is -0.444 e. The largest absolute Gasteiger partial charge is 0.444 e. The first-order valence-corrected chi connectivity index (χ1v) is 12.3. The van der Waals surface area contributed by atoms with Gasteiger partial charge >= 0.3 is 6.09 Å². The molecule has 1 saturated heterocycles. The van der Waals surface area contributed by atoms with Crippen molar-refractivity contribution in [3.63, 3.8) is 0 Å². The molecule has 0 radical (unpaired) electrons. The molecule has 4 amide bonds. The molecule has 1 N–H and O–H groups in total. The van der Waals surface area contributed by atoms with Gasteiger partial charge in [-0.15, -0.1) is 0 Å². The Kier molecular flexibility index (Phi) is 8.55. The number of fused-ring (bicyclic) bond motifs is 1. The number of piperidine rings is 1. The summed E-state index contributed by atoms with van der Waals surface area (Å²) in [6.45, 7) is 6.56. The lowest BCUT2D eigenvalue weighted by molar-refractivity contribution is -0.136. The SMILES string of the molecule is CN(CCCCCCC#Cc1cccc2c1CN(C1CCC(=O)NC1=O)C2=O)C(=O)OC(C)(C)C. The molecule has 0 aliphatic carbocycles. The van der Waals surface area contributed by atoms with E-state index in [0.29, 0.717) is 25.1 Å². The molecule has 8 nitrogen and oxygen atoms in total. The van der Waals surface area contributed by atoms with Crippen LogP contribution in [0.4, 0.5) is 4.79 Å². The molecule has 0 saturated carbocycles. The van der Waals surface area contributed by atoms with Crippen LogP contribution in [0.15, 0.2) is 18.2 Å². The van der Waals surface area contributed by atoms with Gasteiger partial charge in [-0.3, -0.25) is 19.7 Å². The number of carbonyl (C=O) groups excluding carboxylic acids is 4. The maximum atomic E-state index is 12.9. The van der Waals surface area contributed by atoms with Crippen molar-refractivity contribution in [1.82, 2.24) is 15.1 Å². The van der Waals surface area contributed by atoms with Crippen LogP contribution in [0.1, 0.15) is 87.2 Å². The van der Waals surface area contributed by atoms with E-state index in [1.54, 1.807) is 22.9 Å². The zero-order valence-electron chi connectivity index (χ0n) is 21.1. The first-order valence-electron chi connectivity index (χ1n) is 12.3. The molecule has 2 heterocycles. The van der Waals surface area contributed by atoms with Crippen LogP contribution in [-0.4, -0.2) is 58.8 Å². The number of benzene rings is 1. The van der Waals surface area contributed by atoms with Crippen LogP contribution in [0.5, 0.6) is 0 Å². The zero-order valence-corrected chi connectivity index (χ0v) is 21.1. The lowest BCUT2D eigenvalue weighted by atomic mass is 10.0. The van der Waals surface area contributed by atoms with E-state index in [1.165, 1.54) is 0 Å². The third kappa shape index (κ3) is 7.08. The van der Waals surface area contributed by atoms with Crippen LogP contribution in [0, 0.1) is 11.8 Å². The van der Waals surface area contributed by atoms with Crippen molar-refractivity contribution in [2.75, 3.05) is 13.6 Å². The summed E-state index contributed by atoms with van der Waals surface area (Å²) in [5.41, 5.74) is 1.75. The van der Waals surface area contributed by atoms with Gasteiger partial charge in [0.05, 0.1) is 0 Å². The van der Waals surface area contributed by atoms with E-state index in [0.717, 1.165) is 43.2 Å². The van der Waals surface area contributed by atoms with Crippen molar-refractivity contribution in [1.29, 1.82) is 0 Å². The Morgan fingerprint density at radius 3 is 2.63 bits per heavy atom. The van der Waals surface area contributed by atoms with Gasteiger partial charge in [-0.25, -0.2) is 4.79 Å². The molecule has 0 bridgehead atoms. The topological polar surface area (TPSA) is 96.0 Å². The van der Waals surface area contributed by atoms with Gasteiger partial charge in [0, 0.05) is 44.1 Å². The molecule has 2 aliphatic rings. The minimum absolute atomic E-state index is 0.186. The van der Waals surface area contributed by atoms with E-state index in [1.807, 2.05) is 32.9 Å². The van der Waals surface area contributed by atoms with Crippen molar-refractivity contribution in [2.45, 2.75) is 83.9 Å². The molecule has 2 aliphatic heterocycles. The number of amides is 4. The fraction of sp³-hybridized carbons (Fsp3) is 0.556. The maximum Gasteiger partial charge on any atom is 0.410 e. The molecule has 0 aromatic heterocycles. The van der Waals surface area contributed by atoms with E-state index >= 15 is 0 Å². The van der Waals surface area contributed by atoms with Crippen LogP contribution in [0.3, 0.4) is 0 Å². The van der Waals surface area contributed by atoms with Crippen molar-refractivity contribution in [2.24, 2.45) is 0 Å². The van der Waals surface area contributed by atoms with E-state index < -0.39 is 17.6 Å². The average Bonchev–Trinajstić information content (AvgIpc) is 3.11. The van der Waals surface area contributed by atoms with Crippen LogP contribution in [0.25, 0.3) is 0 Å². The third-order valence-electron chi connectivity index (χ3n) is 6.06. The highest BCUT2D eigenvalue weighted by Gasteiger charge is 2.39. The Morgan fingerprint density at radius 2 is 1.91 bits per heavy atom. The van der Waals surface area contributed by atoms with Gasteiger partial charge in [0.2, 0.25) is 11.8 Å². The van der Waals surface area contributed by atoms with Crippen molar-refractivity contribution >= 4 is 23.8 Å². The molecule has 188 valence electrons. The highest BCUT2D eigenvalue weighted by molar-refractivity contribution is 6.05. The average molecular weight is 482 g/mol. The van der Waals surface area contributed by atoms with Gasteiger partial charge in [0.1, 0.15) is 11.6 Å². The Bertz CT molecular complexity index is 1050. The summed E-state index contributed by atoms with van der Waals surface area (Å²) in [4.78, 5) is 51.7. The highest BCUT2D eigenvalue weighted by Crippen LogP contribution is 2.29. The molecule has 8 heteroatoms. The number of carbonyl (C=O) groups is 4. The molecule has 1 aromatic rings. The number of imide groups is 1. The Hall–Kier alpha value is -3.34. The van der Waals surface area contributed by atoms with Gasteiger partial charge in [0.25, 0.3) is 5.91 Å². The monoisotopic (exact) mass is 481 g/mol. The number of unbranched alkanes of at least 4 members (excludes halogenated alkanes) is 4. The first-order chi connectivity index (χ1) is 16.6. The number of hydrogen-bond donors (Lipinski definition) is 1. The van der Waals surface area contributed by atoms with E-state index in [9.17, 15) is 19.2 Å². The van der Waals surface area contributed by atoms with E-state index in [-0.39, 0.29) is 24.3 Å². The molecule has 1 unspecified atom stereocenters. The normalized spacial score (nSPS) is 17.4. The van der Waals surface area contributed by atoms with Crippen molar-refractivity contribution in [3.8, 4) is 11.8 Å². The highest BCUT2D eigenvalue weighted by atomic mass is 16.6. The van der Waals surface area contributed by atoms with Crippen LogP contribution >= 0.6 is 0 Å². The quantitative estimate of drug-likeness (QED) is 0.365. The Labute approximate surface area is 207 Å². The van der Waals surface area contributed by atoms with E-state index in [4.69, 9.17) is 4.74 Å². The predicted molar refractivity (Wildman–Crippen MR) is 131 cm³/mol. The number of rotatable bonds is 7. The molecule has 3 rings (SSSR count). The molecular weight excluding hydrogens is 446 g/mol. The molecule has 1 fully saturated rings. The second-order valence-electron chi connectivity index (χ2n) is 10.1. The van der Waals surface area contributed by atoms with Crippen molar-refractivity contribution in [3.05, 3.63) is 34.9 Å². The summed E-state index contributed by atoms with van der Waals surface area (Å²) in [6.07, 6.45) is 4.92. The Balaban J connectivity index is 1.44. The van der Waals surface area contributed by atoms with E-state index in [2.05, 4.69) is 17.2 Å². The Morgan fingerprint density at radius 1 is 1.17 bits per heavy atom. The molecule has 0 spiro atoms. The number of nitrogens with one attached hydrogen (secondary N) is 1. The summed E-state index contributed by atoms with van der Waals surface area (Å²) in [5.74, 6) is 5.52. The number of nitrogens with zero attached hydrogens (tertiary/aromatic N) is 2. The lowest BCUT2D eigenvalue weighted by Gasteiger charge is -2.29. The molecule has 35 heavy (non-hydrogen) atoms. The summed E-state index contributed by atoms with van der Waals surface area (Å²) < 4.78 is 5.35. The number of hydrogen-bond acceptors (Lipinski definition) is 5. The van der Waals surface area contributed by atoms with Gasteiger partial charge in [-0.2, -0.15) is 0 Å². The second-order valence-corrected chi connectivity index (χ2v) is 10.1. The number of ether oxygens (including phenoxy) is 1. The second kappa shape index (κ2) is 11.4. The van der Waals surface area contributed by atoms with Crippen LogP contribution < -0.4 is 5.32 Å². The van der Waals surface area contributed by atoms with Crippen LogP contribution in [-0.2, 0) is 20.9 Å². The van der Waals surface area contributed by atoms with Gasteiger partial charge in [-0.1, -0.05) is 30.7 Å². The lowest BCUT2D eigenvalue weighted by Crippen LogP contribution is -2.52. The van der Waals surface area contributed by atoms with Crippen LogP contribution in [0.2, 0.25) is 0 Å². The summed E-state index contributed by atoms with van der Waals surface area (Å²) in [5, 5.41) is 2.33. The predicted octanol–water partition coefficient (Wildman–Crippen LogP) is 3.62. The summed E-state index contributed by atoms with van der Waals surface area (Å²) in [7, 11) is 1.75. The van der Waals surface area contributed by atoms with Gasteiger partial charge in [0.15, 0.2) is 0 Å². The smallest absolute Gasteiger partial charge is 0.410 e. The standard InChI is InChI=1S/C27H35N3O5/c1-27(2,3)35-26(34)29(4)17-10-8-6-5-7-9-12-19-13-11-14-20-21(19)18-30(25(20)33)22-15-16-23(31)28-24(22)32/h11,13-14,22H,5-8,10,15-18H2,1-4H3,(H,28,31,32).